The molecule has 1 N–H and O–H groups in total. The average molecular weight is 275 g/mol. The van der Waals surface area contributed by atoms with E-state index < -0.39 is 9.84 Å². The van der Waals surface area contributed by atoms with E-state index in [1.54, 1.807) is 0 Å². The Labute approximate surface area is 106 Å². The molecule has 1 aromatic heterocycles. The first-order chi connectivity index (χ1) is 8.48. The molecule has 0 aliphatic carbocycles. The van der Waals surface area contributed by atoms with Gasteiger partial charge in [0.05, 0.1) is 25.5 Å². The highest BCUT2D eigenvalue weighted by Gasteiger charge is 2.12. The lowest BCUT2D eigenvalue weighted by atomic mass is 10.3. The summed E-state index contributed by atoms with van der Waals surface area (Å²) in [6, 6.07) is 0. The standard InChI is InChI=1S/C10H17N3O4S/c1-16-9-8(10(17-2)13-7-12-9)6-11-4-5-18(3,14)15/h7,11H,4-6H2,1-3H3. The van der Waals surface area contributed by atoms with Crippen LogP contribution in [0.25, 0.3) is 0 Å². The Hall–Kier alpha value is -1.41. The number of methoxy groups -OCH3 is 2. The predicted molar refractivity (Wildman–Crippen MR) is 66.6 cm³/mol. The number of nitrogens with zero attached hydrogens (tertiary/aromatic N) is 2. The van der Waals surface area contributed by atoms with Crippen LogP contribution < -0.4 is 14.8 Å². The second-order valence-electron chi connectivity index (χ2n) is 3.68. The van der Waals surface area contributed by atoms with E-state index in [0.29, 0.717) is 30.4 Å². The third kappa shape index (κ3) is 4.46. The van der Waals surface area contributed by atoms with Crippen molar-refractivity contribution in [1.82, 2.24) is 15.3 Å². The molecule has 0 aromatic carbocycles. The fraction of sp³-hybridized carbons (Fsp3) is 0.600. The van der Waals surface area contributed by atoms with E-state index in [-0.39, 0.29) is 5.75 Å². The Morgan fingerprint density at radius 2 is 1.78 bits per heavy atom. The zero-order chi connectivity index (χ0) is 13.6. The van der Waals surface area contributed by atoms with Gasteiger partial charge in [-0.25, -0.2) is 18.4 Å². The summed E-state index contributed by atoms with van der Waals surface area (Å²) in [5, 5.41) is 2.99. The topological polar surface area (TPSA) is 90.4 Å². The van der Waals surface area contributed by atoms with Crippen molar-refractivity contribution in [2.45, 2.75) is 6.54 Å². The van der Waals surface area contributed by atoms with Crippen LogP contribution in [0.4, 0.5) is 0 Å². The number of rotatable bonds is 7. The highest BCUT2D eigenvalue weighted by Crippen LogP contribution is 2.22. The third-order valence-corrected chi connectivity index (χ3v) is 3.15. The van der Waals surface area contributed by atoms with Crippen LogP contribution in [0, 0.1) is 0 Å². The number of ether oxygens (including phenoxy) is 2. The third-order valence-electron chi connectivity index (χ3n) is 2.20. The molecule has 102 valence electrons. The summed E-state index contributed by atoms with van der Waals surface area (Å²) >= 11 is 0. The molecule has 0 radical (unpaired) electrons. The van der Waals surface area contributed by atoms with E-state index in [1.807, 2.05) is 0 Å². The first-order valence-corrected chi connectivity index (χ1v) is 7.34. The minimum Gasteiger partial charge on any atom is -0.481 e. The van der Waals surface area contributed by atoms with Gasteiger partial charge in [-0.1, -0.05) is 0 Å². The molecule has 0 unspecified atom stereocenters. The molecule has 1 aromatic rings. The molecule has 0 saturated carbocycles. The molecule has 0 amide bonds. The van der Waals surface area contributed by atoms with Crippen molar-refractivity contribution in [2.75, 3.05) is 32.8 Å². The van der Waals surface area contributed by atoms with E-state index in [0.717, 1.165) is 0 Å². The van der Waals surface area contributed by atoms with Crippen molar-refractivity contribution in [3.63, 3.8) is 0 Å². The molecule has 0 spiro atoms. The van der Waals surface area contributed by atoms with Crippen molar-refractivity contribution in [2.24, 2.45) is 0 Å². The molecular weight excluding hydrogens is 258 g/mol. The smallest absolute Gasteiger partial charge is 0.224 e. The maximum atomic E-state index is 11.0. The minimum atomic E-state index is -2.97. The number of aromatic nitrogens is 2. The molecule has 8 heteroatoms. The Morgan fingerprint density at radius 1 is 1.22 bits per heavy atom. The lowest BCUT2D eigenvalue weighted by Crippen LogP contribution is -2.22. The van der Waals surface area contributed by atoms with Crippen LogP contribution in [-0.2, 0) is 16.4 Å². The van der Waals surface area contributed by atoms with E-state index in [4.69, 9.17) is 9.47 Å². The first-order valence-electron chi connectivity index (χ1n) is 5.28. The normalized spacial score (nSPS) is 11.3. The maximum Gasteiger partial charge on any atom is 0.224 e. The molecule has 0 bridgehead atoms. The van der Waals surface area contributed by atoms with Crippen LogP contribution in [0.5, 0.6) is 11.8 Å². The van der Waals surface area contributed by atoms with Gasteiger partial charge in [-0.3, -0.25) is 0 Å². The van der Waals surface area contributed by atoms with Gasteiger partial charge in [0.1, 0.15) is 16.2 Å². The summed E-state index contributed by atoms with van der Waals surface area (Å²) in [4.78, 5) is 7.92. The fourth-order valence-electron chi connectivity index (χ4n) is 1.36. The lowest BCUT2D eigenvalue weighted by molar-refractivity contribution is 0.359. The highest BCUT2D eigenvalue weighted by molar-refractivity contribution is 7.90. The van der Waals surface area contributed by atoms with Crippen LogP contribution in [0.1, 0.15) is 5.56 Å². The van der Waals surface area contributed by atoms with Gasteiger partial charge in [0.15, 0.2) is 0 Å². The quantitative estimate of drug-likeness (QED) is 0.679. The van der Waals surface area contributed by atoms with Gasteiger partial charge in [-0.15, -0.1) is 0 Å². The van der Waals surface area contributed by atoms with E-state index in [1.165, 1.54) is 26.8 Å². The molecular formula is C10H17N3O4S. The summed E-state index contributed by atoms with van der Waals surface area (Å²) < 4.78 is 32.1. The lowest BCUT2D eigenvalue weighted by Gasteiger charge is -2.11. The summed E-state index contributed by atoms with van der Waals surface area (Å²) in [5.74, 6) is 0.896. The van der Waals surface area contributed by atoms with Crippen LogP contribution in [0.2, 0.25) is 0 Å². The molecule has 18 heavy (non-hydrogen) atoms. The first kappa shape index (κ1) is 14.7. The molecule has 0 saturated heterocycles. The Bertz CT molecular complexity index is 468. The van der Waals surface area contributed by atoms with Gasteiger partial charge in [0.25, 0.3) is 0 Å². The second kappa shape index (κ2) is 6.50. The molecule has 1 rings (SSSR count). The number of nitrogens with one attached hydrogen (secondary N) is 1. The van der Waals surface area contributed by atoms with Crippen molar-refractivity contribution < 1.29 is 17.9 Å². The number of hydrogen-bond donors (Lipinski definition) is 1. The van der Waals surface area contributed by atoms with E-state index in [2.05, 4.69) is 15.3 Å². The van der Waals surface area contributed by atoms with Crippen LogP contribution in [0.3, 0.4) is 0 Å². The SMILES string of the molecule is COc1ncnc(OC)c1CNCCS(C)(=O)=O. The summed E-state index contributed by atoms with van der Waals surface area (Å²) in [6.07, 6.45) is 2.54. The Kier molecular flexibility index (Phi) is 5.29. The van der Waals surface area contributed by atoms with Crippen molar-refractivity contribution in [3.05, 3.63) is 11.9 Å². The Balaban J connectivity index is 2.66. The number of hydrogen-bond acceptors (Lipinski definition) is 7. The fourth-order valence-corrected chi connectivity index (χ4v) is 1.87. The zero-order valence-electron chi connectivity index (χ0n) is 10.6. The molecule has 0 fully saturated rings. The predicted octanol–water partition coefficient (Wildman–Crippen LogP) is -0.372. The highest BCUT2D eigenvalue weighted by atomic mass is 32.2. The zero-order valence-corrected chi connectivity index (χ0v) is 11.5. The largest absolute Gasteiger partial charge is 0.481 e. The monoisotopic (exact) mass is 275 g/mol. The van der Waals surface area contributed by atoms with Crippen LogP contribution in [-0.4, -0.2) is 51.2 Å². The number of sulfone groups is 1. The summed E-state index contributed by atoms with van der Waals surface area (Å²) in [6.45, 7) is 0.725. The van der Waals surface area contributed by atoms with E-state index >= 15 is 0 Å². The van der Waals surface area contributed by atoms with Gasteiger partial charge in [0, 0.05) is 19.3 Å². The van der Waals surface area contributed by atoms with Gasteiger partial charge < -0.3 is 14.8 Å². The van der Waals surface area contributed by atoms with E-state index in [9.17, 15) is 8.42 Å². The summed E-state index contributed by atoms with van der Waals surface area (Å²) in [7, 11) is 0.0373. The van der Waals surface area contributed by atoms with Gasteiger partial charge >= 0.3 is 0 Å². The average Bonchev–Trinajstić information content (AvgIpc) is 2.33. The van der Waals surface area contributed by atoms with Crippen LogP contribution >= 0.6 is 0 Å². The van der Waals surface area contributed by atoms with Crippen molar-refractivity contribution in [3.8, 4) is 11.8 Å². The molecule has 7 nitrogen and oxygen atoms in total. The maximum absolute atomic E-state index is 11.0. The van der Waals surface area contributed by atoms with Crippen LogP contribution in [0.15, 0.2) is 6.33 Å². The van der Waals surface area contributed by atoms with Gasteiger partial charge in [0.2, 0.25) is 11.8 Å². The van der Waals surface area contributed by atoms with Gasteiger partial charge in [-0.2, -0.15) is 0 Å². The summed E-state index contributed by atoms with van der Waals surface area (Å²) in [5.41, 5.74) is 0.663. The van der Waals surface area contributed by atoms with Gasteiger partial charge in [-0.05, 0) is 0 Å². The minimum absolute atomic E-state index is 0.0747. The second-order valence-corrected chi connectivity index (χ2v) is 5.94. The molecule has 0 aliphatic heterocycles. The molecule has 0 aliphatic rings. The molecule has 1 heterocycles. The van der Waals surface area contributed by atoms with Crippen molar-refractivity contribution in [1.29, 1.82) is 0 Å². The molecule has 0 atom stereocenters. The van der Waals surface area contributed by atoms with Crippen molar-refractivity contribution >= 4 is 9.84 Å². The Morgan fingerprint density at radius 3 is 2.22 bits per heavy atom.